The van der Waals surface area contributed by atoms with Crippen LogP contribution in [0.2, 0.25) is 0 Å². The van der Waals surface area contributed by atoms with Crippen molar-refractivity contribution in [2.24, 2.45) is 23.2 Å². The molecule has 4 bridgehead atoms. The van der Waals surface area contributed by atoms with Gasteiger partial charge in [-0.25, -0.2) is 0 Å². The molecule has 0 spiro atoms. The van der Waals surface area contributed by atoms with E-state index in [0.717, 1.165) is 68.6 Å². The van der Waals surface area contributed by atoms with Gasteiger partial charge in [-0.05, 0) is 106 Å². The van der Waals surface area contributed by atoms with Crippen molar-refractivity contribution in [1.29, 1.82) is 0 Å². The lowest BCUT2D eigenvalue weighted by molar-refractivity contribution is -0.144. The molecule has 1 aromatic rings. The van der Waals surface area contributed by atoms with Crippen molar-refractivity contribution in [2.75, 3.05) is 18.4 Å². The van der Waals surface area contributed by atoms with E-state index in [1.807, 2.05) is 29.2 Å². The minimum Gasteiger partial charge on any atom is -0.339 e. The number of carbonyl (C=O) groups is 2. The highest BCUT2D eigenvalue weighted by Crippen LogP contribution is 2.60. The maximum atomic E-state index is 13.2. The average Bonchev–Trinajstić information content (AvgIpc) is 3.02. The number of nitrogens with zero attached hydrogens (tertiary/aromatic N) is 1. The van der Waals surface area contributed by atoms with Gasteiger partial charge in [0.2, 0.25) is 5.91 Å². The second kappa shape index (κ2) is 8.53. The molecular formula is C25H33N3O2S. The monoisotopic (exact) mass is 439 g/mol. The third-order valence-electron chi connectivity index (χ3n) is 8.03. The second-order valence-electron chi connectivity index (χ2n) is 10.4. The molecule has 2 amide bonds. The molecule has 0 radical (unpaired) electrons. The Kier molecular flexibility index (Phi) is 5.76. The van der Waals surface area contributed by atoms with Gasteiger partial charge in [-0.1, -0.05) is 12.8 Å². The summed E-state index contributed by atoms with van der Waals surface area (Å²) in [6, 6.07) is 7.43. The number of carbonyl (C=O) groups excluding carboxylic acids is 2. The van der Waals surface area contributed by atoms with E-state index in [2.05, 4.69) is 10.6 Å². The van der Waals surface area contributed by atoms with Crippen molar-refractivity contribution >= 4 is 34.8 Å². The number of hydrogen-bond donors (Lipinski definition) is 2. The first-order chi connectivity index (χ1) is 15.0. The quantitative estimate of drug-likeness (QED) is 0.669. The third-order valence-corrected chi connectivity index (χ3v) is 8.23. The SMILES string of the molecule is O=C(c1ccc(NC(=S)NC(=O)C23CC4CC(CC(C4)C2)C3)cc1)N1CCCCCC1. The van der Waals surface area contributed by atoms with Crippen LogP contribution in [-0.4, -0.2) is 34.9 Å². The normalized spacial score (nSPS) is 31.7. The van der Waals surface area contributed by atoms with Crippen LogP contribution in [0.1, 0.15) is 74.6 Å². The highest BCUT2D eigenvalue weighted by atomic mass is 32.1. The third kappa shape index (κ3) is 4.36. The second-order valence-corrected chi connectivity index (χ2v) is 10.8. The molecule has 4 saturated carbocycles. The number of likely N-dealkylation sites (tertiary alicyclic amines) is 1. The molecule has 1 aliphatic heterocycles. The summed E-state index contributed by atoms with van der Waals surface area (Å²) >= 11 is 5.45. The molecule has 31 heavy (non-hydrogen) atoms. The lowest BCUT2D eigenvalue weighted by Crippen LogP contribution is -2.55. The molecule has 6 heteroatoms. The van der Waals surface area contributed by atoms with Crippen LogP contribution in [0.4, 0.5) is 5.69 Å². The van der Waals surface area contributed by atoms with Crippen LogP contribution in [0.3, 0.4) is 0 Å². The number of thiocarbonyl (C=S) groups is 1. The van der Waals surface area contributed by atoms with Crippen LogP contribution in [-0.2, 0) is 4.79 Å². The summed E-state index contributed by atoms with van der Waals surface area (Å²) in [7, 11) is 0. The Labute approximate surface area is 190 Å². The molecule has 5 aliphatic rings. The molecular weight excluding hydrogens is 406 g/mol. The van der Waals surface area contributed by atoms with Gasteiger partial charge >= 0.3 is 0 Å². The van der Waals surface area contributed by atoms with E-state index in [9.17, 15) is 9.59 Å². The van der Waals surface area contributed by atoms with Gasteiger partial charge in [-0.15, -0.1) is 0 Å². The van der Waals surface area contributed by atoms with Crippen LogP contribution < -0.4 is 10.6 Å². The van der Waals surface area contributed by atoms with E-state index < -0.39 is 0 Å². The number of amides is 2. The van der Waals surface area contributed by atoms with Crippen molar-refractivity contribution < 1.29 is 9.59 Å². The number of anilines is 1. The zero-order valence-electron chi connectivity index (χ0n) is 18.2. The fourth-order valence-corrected chi connectivity index (χ4v) is 7.15. The van der Waals surface area contributed by atoms with E-state index in [-0.39, 0.29) is 17.2 Å². The summed E-state index contributed by atoms with van der Waals surface area (Å²) in [6.07, 6.45) is 11.6. The summed E-state index contributed by atoms with van der Waals surface area (Å²) < 4.78 is 0. The Balaban J connectivity index is 1.17. The highest BCUT2D eigenvalue weighted by Gasteiger charge is 2.54. The van der Waals surface area contributed by atoms with Crippen molar-refractivity contribution in [1.82, 2.24) is 10.2 Å². The largest absolute Gasteiger partial charge is 0.339 e. The maximum Gasteiger partial charge on any atom is 0.253 e. The van der Waals surface area contributed by atoms with Crippen LogP contribution in [0.5, 0.6) is 0 Å². The number of rotatable bonds is 3. The Morgan fingerprint density at radius 2 is 1.42 bits per heavy atom. The number of hydrogen-bond acceptors (Lipinski definition) is 3. The van der Waals surface area contributed by atoms with Crippen LogP contribution in [0.25, 0.3) is 0 Å². The van der Waals surface area contributed by atoms with Crippen LogP contribution in [0.15, 0.2) is 24.3 Å². The molecule has 6 rings (SSSR count). The zero-order chi connectivity index (χ0) is 21.4. The average molecular weight is 440 g/mol. The topological polar surface area (TPSA) is 61.4 Å². The Morgan fingerprint density at radius 1 is 0.871 bits per heavy atom. The molecule has 1 heterocycles. The van der Waals surface area contributed by atoms with E-state index in [1.54, 1.807) is 0 Å². The molecule has 5 fully saturated rings. The zero-order valence-corrected chi connectivity index (χ0v) is 19.0. The molecule has 1 aromatic carbocycles. The smallest absolute Gasteiger partial charge is 0.253 e. The Bertz CT molecular complexity index is 823. The summed E-state index contributed by atoms with van der Waals surface area (Å²) in [6.45, 7) is 1.69. The van der Waals surface area contributed by atoms with Gasteiger partial charge in [-0.3, -0.25) is 9.59 Å². The first kappa shape index (κ1) is 20.9. The molecule has 0 unspecified atom stereocenters. The van der Waals surface area contributed by atoms with E-state index in [1.165, 1.54) is 32.1 Å². The summed E-state index contributed by atoms with van der Waals surface area (Å²) in [4.78, 5) is 27.9. The fraction of sp³-hybridized carbons (Fsp3) is 0.640. The Hall–Kier alpha value is -1.95. The first-order valence-corrected chi connectivity index (χ1v) is 12.4. The molecule has 5 nitrogen and oxygen atoms in total. The summed E-state index contributed by atoms with van der Waals surface area (Å²) in [5.41, 5.74) is 1.29. The van der Waals surface area contributed by atoms with Gasteiger partial charge < -0.3 is 15.5 Å². The minimum absolute atomic E-state index is 0.103. The first-order valence-electron chi connectivity index (χ1n) is 12.0. The highest BCUT2D eigenvalue weighted by molar-refractivity contribution is 7.80. The van der Waals surface area contributed by atoms with Crippen LogP contribution >= 0.6 is 12.2 Å². The van der Waals surface area contributed by atoms with Crippen LogP contribution in [0, 0.1) is 23.2 Å². The molecule has 2 N–H and O–H groups in total. The van der Waals surface area contributed by atoms with Gasteiger partial charge in [0.15, 0.2) is 5.11 Å². The number of benzene rings is 1. The lowest BCUT2D eigenvalue weighted by Gasteiger charge is -2.55. The Morgan fingerprint density at radius 3 is 1.97 bits per heavy atom. The van der Waals surface area contributed by atoms with Gasteiger partial charge in [0.1, 0.15) is 0 Å². The standard InChI is InChI=1S/C25H33N3O2S/c29-22(28-9-3-1-2-4-10-28)20-5-7-21(8-6-20)26-24(31)27-23(30)25-14-17-11-18(15-25)13-19(12-17)16-25/h5-8,17-19H,1-4,9-16H2,(H2,26,27,30,31). The van der Waals surface area contributed by atoms with Crippen molar-refractivity contribution in [3.63, 3.8) is 0 Å². The maximum absolute atomic E-state index is 13.2. The van der Waals surface area contributed by atoms with E-state index >= 15 is 0 Å². The minimum atomic E-state index is -0.204. The molecule has 166 valence electrons. The molecule has 1 saturated heterocycles. The summed E-state index contributed by atoms with van der Waals surface area (Å²) in [5, 5.41) is 6.48. The number of nitrogens with one attached hydrogen (secondary N) is 2. The summed E-state index contributed by atoms with van der Waals surface area (Å²) in [5.74, 6) is 2.40. The van der Waals surface area contributed by atoms with Gasteiger partial charge in [0, 0.05) is 24.3 Å². The van der Waals surface area contributed by atoms with Gasteiger partial charge in [0.25, 0.3) is 5.91 Å². The van der Waals surface area contributed by atoms with E-state index in [4.69, 9.17) is 12.2 Å². The van der Waals surface area contributed by atoms with Gasteiger partial charge in [0.05, 0.1) is 5.41 Å². The predicted molar refractivity (Wildman–Crippen MR) is 126 cm³/mol. The molecule has 0 aromatic heterocycles. The molecule has 0 atom stereocenters. The van der Waals surface area contributed by atoms with Crippen molar-refractivity contribution in [3.8, 4) is 0 Å². The molecule has 4 aliphatic carbocycles. The van der Waals surface area contributed by atoms with Gasteiger partial charge in [-0.2, -0.15) is 0 Å². The van der Waals surface area contributed by atoms with Crippen molar-refractivity contribution in [3.05, 3.63) is 29.8 Å². The lowest BCUT2D eigenvalue weighted by atomic mass is 9.49. The predicted octanol–water partition coefficient (Wildman–Crippen LogP) is 4.73. The van der Waals surface area contributed by atoms with E-state index in [0.29, 0.717) is 10.7 Å². The fourth-order valence-electron chi connectivity index (χ4n) is 6.94. The van der Waals surface area contributed by atoms with Crippen molar-refractivity contribution in [2.45, 2.75) is 64.2 Å².